The van der Waals surface area contributed by atoms with Gasteiger partial charge in [-0.2, -0.15) is 0 Å². The summed E-state index contributed by atoms with van der Waals surface area (Å²) in [7, 11) is 0. The molecule has 0 bridgehead atoms. The first-order chi connectivity index (χ1) is 11.3. The third-order valence-corrected chi connectivity index (χ3v) is 4.75. The van der Waals surface area contributed by atoms with Crippen LogP contribution in [0.3, 0.4) is 0 Å². The predicted octanol–water partition coefficient (Wildman–Crippen LogP) is 2.76. The van der Waals surface area contributed by atoms with Gasteiger partial charge in [0, 0.05) is 56.8 Å². The maximum absolute atomic E-state index is 13.3. The summed E-state index contributed by atoms with van der Waals surface area (Å²) >= 11 is 0. The maximum atomic E-state index is 13.3. The van der Waals surface area contributed by atoms with E-state index in [1.165, 1.54) is 17.7 Å². The highest BCUT2D eigenvalue weighted by molar-refractivity contribution is 5.23. The number of nitrogens with zero attached hydrogens (tertiary/aromatic N) is 2. The molecule has 0 aliphatic carbocycles. The SMILES string of the molecule is Fc1cccc(O[C@H]2C[C@H]3CN(Cc4ccoc4)CCN3C2)c1. The second kappa shape index (κ2) is 6.34. The van der Waals surface area contributed by atoms with Gasteiger partial charge >= 0.3 is 0 Å². The Morgan fingerprint density at radius 2 is 2.17 bits per heavy atom. The summed E-state index contributed by atoms with van der Waals surface area (Å²) in [5.74, 6) is 0.384. The molecule has 5 heteroatoms. The molecule has 4 rings (SSSR count). The topological polar surface area (TPSA) is 28.9 Å². The zero-order valence-electron chi connectivity index (χ0n) is 13.0. The molecule has 0 N–H and O–H groups in total. The lowest BCUT2D eigenvalue weighted by atomic mass is 10.1. The summed E-state index contributed by atoms with van der Waals surface area (Å²) in [4.78, 5) is 4.96. The van der Waals surface area contributed by atoms with Gasteiger partial charge in [0.05, 0.1) is 12.5 Å². The monoisotopic (exact) mass is 316 g/mol. The van der Waals surface area contributed by atoms with Crippen LogP contribution < -0.4 is 4.74 Å². The molecule has 0 radical (unpaired) electrons. The van der Waals surface area contributed by atoms with Crippen LogP contribution in [0.25, 0.3) is 0 Å². The van der Waals surface area contributed by atoms with E-state index in [-0.39, 0.29) is 11.9 Å². The first kappa shape index (κ1) is 14.7. The molecule has 2 fully saturated rings. The van der Waals surface area contributed by atoms with Crippen molar-refractivity contribution < 1.29 is 13.5 Å². The van der Waals surface area contributed by atoms with E-state index in [9.17, 15) is 4.39 Å². The van der Waals surface area contributed by atoms with E-state index in [0.717, 1.165) is 39.1 Å². The second-order valence-corrected chi connectivity index (χ2v) is 6.45. The molecular weight excluding hydrogens is 295 g/mol. The predicted molar refractivity (Wildman–Crippen MR) is 84.8 cm³/mol. The van der Waals surface area contributed by atoms with Crippen molar-refractivity contribution in [3.05, 3.63) is 54.2 Å². The number of furan rings is 1. The minimum Gasteiger partial charge on any atom is -0.489 e. The van der Waals surface area contributed by atoms with E-state index in [0.29, 0.717) is 11.8 Å². The smallest absolute Gasteiger partial charge is 0.126 e. The molecule has 122 valence electrons. The first-order valence-electron chi connectivity index (χ1n) is 8.16. The van der Waals surface area contributed by atoms with Crippen molar-refractivity contribution in [2.24, 2.45) is 0 Å². The Kier molecular flexibility index (Phi) is 4.06. The van der Waals surface area contributed by atoms with E-state index in [1.807, 2.05) is 18.4 Å². The van der Waals surface area contributed by atoms with E-state index in [2.05, 4.69) is 9.80 Å². The quantitative estimate of drug-likeness (QED) is 0.867. The maximum Gasteiger partial charge on any atom is 0.126 e. The van der Waals surface area contributed by atoms with Gasteiger partial charge in [-0.15, -0.1) is 0 Å². The summed E-state index contributed by atoms with van der Waals surface area (Å²) < 4.78 is 24.4. The zero-order chi connectivity index (χ0) is 15.6. The fourth-order valence-electron chi connectivity index (χ4n) is 3.66. The standard InChI is InChI=1S/C18H21FN2O2/c19-15-2-1-3-17(8-15)23-18-9-16-11-20(5-6-21(16)12-18)10-14-4-7-22-13-14/h1-4,7-8,13,16,18H,5-6,9-12H2/t16-,18-/m0/s1. The largest absolute Gasteiger partial charge is 0.489 e. The van der Waals surface area contributed by atoms with Crippen LogP contribution in [-0.2, 0) is 6.54 Å². The Balaban J connectivity index is 1.34. The van der Waals surface area contributed by atoms with Gasteiger partial charge in [0.25, 0.3) is 0 Å². The minimum atomic E-state index is -0.246. The minimum absolute atomic E-state index is 0.149. The number of fused-ring (bicyclic) bond motifs is 1. The number of rotatable bonds is 4. The van der Waals surface area contributed by atoms with Gasteiger partial charge < -0.3 is 9.15 Å². The lowest BCUT2D eigenvalue weighted by Gasteiger charge is -2.36. The number of hydrogen-bond acceptors (Lipinski definition) is 4. The van der Waals surface area contributed by atoms with E-state index < -0.39 is 0 Å². The summed E-state index contributed by atoms with van der Waals surface area (Å²) in [6.45, 7) is 5.05. The summed E-state index contributed by atoms with van der Waals surface area (Å²) in [5.41, 5.74) is 1.23. The normalized spacial score (nSPS) is 25.4. The van der Waals surface area contributed by atoms with Crippen molar-refractivity contribution in [2.75, 3.05) is 26.2 Å². The highest BCUT2D eigenvalue weighted by Crippen LogP contribution is 2.26. The fourth-order valence-corrected chi connectivity index (χ4v) is 3.66. The van der Waals surface area contributed by atoms with Crippen LogP contribution >= 0.6 is 0 Å². The molecule has 4 nitrogen and oxygen atoms in total. The van der Waals surface area contributed by atoms with Crippen LogP contribution in [0.5, 0.6) is 5.75 Å². The highest BCUT2D eigenvalue weighted by Gasteiger charge is 2.37. The number of halogens is 1. The lowest BCUT2D eigenvalue weighted by Crippen LogP contribution is -2.49. The molecular formula is C18H21FN2O2. The molecule has 0 spiro atoms. The van der Waals surface area contributed by atoms with Crippen LogP contribution in [0.2, 0.25) is 0 Å². The van der Waals surface area contributed by atoms with Crippen molar-refractivity contribution in [3.63, 3.8) is 0 Å². The molecule has 1 aromatic carbocycles. The number of hydrogen-bond donors (Lipinski definition) is 0. The molecule has 2 aliphatic rings. The Bertz CT molecular complexity index is 646. The average Bonchev–Trinajstić information content (AvgIpc) is 3.16. The van der Waals surface area contributed by atoms with Crippen LogP contribution in [-0.4, -0.2) is 48.1 Å². The molecule has 2 aliphatic heterocycles. The van der Waals surface area contributed by atoms with Crippen LogP contribution in [0.15, 0.2) is 47.3 Å². The molecule has 2 aromatic rings. The van der Waals surface area contributed by atoms with Crippen LogP contribution in [0.1, 0.15) is 12.0 Å². The molecule has 0 amide bonds. The Hall–Kier alpha value is -1.85. The van der Waals surface area contributed by atoms with Crippen LogP contribution in [0.4, 0.5) is 4.39 Å². The Morgan fingerprint density at radius 3 is 3.00 bits per heavy atom. The second-order valence-electron chi connectivity index (χ2n) is 6.45. The van der Waals surface area contributed by atoms with Crippen molar-refractivity contribution in [3.8, 4) is 5.75 Å². The number of piperazine rings is 1. The van der Waals surface area contributed by atoms with Gasteiger partial charge in [0.2, 0.25) is 0 Å². The van der Waals surface area contributed by atoms with E-state index in [1.54, 1.807) is 12.3 Å². The van der Waals surface area contributed by atoms with Crippen molar-refractivity contribution in [1.82, 2.24) is 9.80 Å². The summed E-state index contributed by atoms with van der Waals surface area (Å²) in [6.07, 6.45) is 4.69. The van der Waals surface area contributed by atoms with Crippen molar-refractivity contribution in [2.45, 2.75) is 25.1 Å². The van der Waals surface area contributed by atoms with Gasteiger partial charge in [0.15, 0.2) is 0 Å². The molecule has 0 unspecified atom stereocenters. The molecule has 0 saturated carbocycles. The fraction of sp³-hybridized carbons (Fsp3) is 0.444. The molecule has 3 heterocycles. The zero-order valence-corrected chi connectivity index (χ0v) is 13.0. The third-order valence-electron chi connectivity index (χ3n) is 4.75. The van der Waals surface area contributed by atoms with Crippen molar-refractivity contribution >= 4 is 0 Å². The van der Waals surface area contributed by atoms with E-state index >= 15 is 0 Å². The average molecular weight is 316 g/mol. The van der Waals surface area contributed by atoms with Gasteiger partial charge in [-0.05, 0) is 18.2 Å². The molecule has 1 aromatic heterocycles. The van der Waals surface area contributed by atoms with Gasteiger partial charge in [-0.25, -0.2) is 4.39 Å². The summed E-state index contributed by atoms with van der Waals surface area (Å²) in [5, 5.41) is 0. The molecule has 2 saturated heterocycles. The lowest BCUT2D eigenvalue weighted by molar-refractivity contribution is 0.0977. The number of benzene rings is 1. The molecule has 2 atom stereocenters. The van der Waals surface area contributed by atoms with Gasteiger partial charge in [0.1, 0.15) is 17.7 Å². The van der Waals surface area contributed by atoms with Gasteiger partial charge in [-0.1, -0.05) is 6.07 Å². The first-order valence-corrected chi connectivity index (χ1v) is 8.16. The highest BCUT2D eigenvalue weighted by atomic mass is 19.1. The molecule has 23 heavy (non-hydrogen) atoms. The van der Waals surface area contributed by atoms with Crippen LogP contribution in [0, 0.1) is 5.82 Å². The number of ether oxygens (including phenoxy) is 1. The Labute approximate surface area is 135 Å². The van der Waals surface area contributed by atoms with Crippen molar-refractivity contribution in [1.29, 1.82) is 0 Å². The van der Waals surface area contributed by atoms with E-state index in [4.69, 9.17) is 9.15 Å². The third kappa shape index (κ3) is 3.41. The summed E-state index contributed by atoms with van der Waals surface area (Å²) in [6, 6.07) is 8.97. The Morgan fingerprint density at radius 1 is 1.22 bits per heavy atom. The van der Waals surface area contributed by atoms with Gasteiger partial charge in [-0.3, -0.25) is 9.80 Å².